The molecule has 1 fully saturated rings. The maximum absolute atomic E-state index is 12.4. The van der Waals surface area contributed by atoms with E-state index in [4.69, 9.17) is 0 Å². The number of hydrogen-bond donors (Lipinski definition) is 1. The van der Waals surface area contributed by atoms with Crippen LogP contribution in [0.25, 0.3) is 0 Å². The molecule has 2 unspecified atom stereocenters. The molecule has 4 nitrogen and oxygen atoms in total. The van der Waals surface area contributed by atoms with E-state index >= 15 is 0 Å². The summed E-state index contributed by atoms with van der Waals surface area (Å²) >= 11 is 0. The number of nitrogens with zero attached hydrogens (tertiary/aromatic N) is 2. The fourth-order valence-corrected chi connectivity index (χ4v) is 2.65. The van der Waals surface area contributed by atoms with Gasteiger partial charge in [0.25, 0.3) is 0 Å². The Labute approximate surface area is 121 Å². The van der Waals surface area contributed by atoms with Crippen LogP contribution in [0.15, 0.2) is 24.3 Å². The first-order chi connectivity index (χ1) is 9.49. The Hall–Kier alpha value is -1.55. The van der Waals surface area contributed by atoms with Gasteiger partial charge in [0.15, 0.2) is 0 Å². The van der Waals surface area contributed by atoms with Gasteiger partial charge in [-0.25, -0.2) is 0 Å². The molecule has 1 aromatic carbocycles. The number of rotatable bonds is 4. The average molecular weight is 275 g/mol. The zero-order chi connectivity index (χ0) is 14.7. The highest BCUT2D eigenvalue weighted by atomic mass is 16.2. The lowest BCUT2D eigenvalue weighted by atomic mass is 10.0. The topological polar surface area (TPSA) is 35.6 Å². The highest BCUT2D eigenvalue weighted by Gasteiger charge is 2.31. The van der Waals surface area contributed by atoms with Gasteiger partial charge in [-0.3, -0.25) is 4.79 Å². The Bertz CT molecular complexity index is 455. The van der Waals surface area contributed by atoms with Gasteiger partial charge in [0.2, 0.25) is 5.91 Å². The lowest BCUT2D eigenvalue weighted by Crippen LogP contribution is -2.43. The second-order valence-corrected chi connectivity index (χ2v) is 5.95. The number of benzene rings is 1. The molecule has 1 heterocycles. The molecule has 20 heavy (non-hydrogen) atoms. The van der Waals surface area contributed by atoms with Crippen molar-refractivity contribution in [3.05, 3.63) is 29.8 Å². The Morgan fingerprint density at radius 2 is 1.90 bits per heavy atom. The third-order valence-corrected chi connectivity index (χ3v) is 4.05. The molecule has 1 aliphatic heterocycles. The summed E-state index contributed by atoms with van der Waals surface area (Å²) in [5.74, 6) is 0.632. The fourth-order valence-electron chi connectivity index (χ4n) is 2.65. The van der Waals surface area contributed by atoms with E-state index in [2.05, 4.69) is 41.4 Å². The summed E-state index contributed by atoms with van der Waals surface area (Å²) in [5.41, 5.74) is 2.34. The summed E-state index contributed by atoms with van der Waals surface area (Å²) in [6.45, 7) is 3.75. The number of carbonyl (C=O) groups excluding carboxylic acids is 1. The molecular formula is C16H25N3O. The second-order valence-electron chi connectivity index (χ2n) is 5.95. The summed E-state index contributed by atoms with van der Waals surface area (Å²) in [7, 11) is 5.94. The van der Waals surface area contributed by atoms with Crippen LogP contribution in [0.4, 0.5) is 5.69 Å². The van der Waals surface area contributed by atoms with Crippen molar-refractivity contribution in [2.24, 2.45) is 5.92 Å². The fraction of sp³-hybridized carbons (Fsp3) is 0.562. The molecular weight excluding hydrogens is 250 g/mol. The predicted octanol–water partition coefficient (Wildman–Crippen LogP) is 1.71. The summed E-state index contributed by atoms with van der Waals surface area (Å²) in [6, 6.07) is 8.34. The van der Waals surface area contributed by atoms with Crippen LogP contribution in [-0.2, 0) is 11.3 Å². The van der Waals surface area contributed by atoms with Gasteiger partial charge in [0, 0.05) is 33.4 Å². The third-order valence-electron chi connectivity index (χ3n) is 4.05. The standard InChI is InChI=1S/C16H25N3O/c1-12-9-10-17-15(12)16(20)19(4)11-13-5-7-14(8-6-13)18(2)3/h5-8,12,15,17H,9-11H2,1-4H3. The molecule has 0 radical (unpaired) electrons. The molecule has 4 heteroatoms. The maximum atomic E-state index is 12.4. The van der Waals surface area contributed by atoms with Crippen LogP contribution in [0.5, 0.6) is 0 Å². The Morgan fingerprint density at radius 3 is 2.40 bits per heavy atom. The van der Waals surface area contributed by atoms with Crippen LogP contribution >= 0.6 is 0 Å². The smallest absolute Gasteiger partial charge is 0.240 e. The number of carbonyl (C=O) groups is 1. The molecule has 110 valence electrons. The summed E-state index contributed by atoms with van der Waals surface area (Å²) < 4.78 is 0. The van der Waals surface area contributed by atoms with Crippen molar-refractivity contribution in [1.82, 2.24) is 10.2 Å². The number of amides is 1. The van der Waals surface area contributed by atoms with Gasteiger partial charge >= 0.3 is 0 Å². The highest BCUT2D eigenvalue weighted by molar-refractivity contribution is 5.82. The normalized spacial score (nSPS) is 21.8. The maximum Gasteiger partial charge on any atom is 0.240 e. The molecule has 0 aliphatic carbocycles. The Kier molecular flexibility index (Phi) is 4.65. The largest absolute Gasteiger partial charge is 0.378 e. The number of likely N-dealkylation sites (N-methyl/N-ethyl adjacent to an activating group) is 1. The van der Waals surface area contributed by atoms with Gasteiger partial charge in [-0.15, -0.1) is 0 Å². The monoisotopic (exact) mass is 275 g/mol. The van der Waals surface area contributed by atoms with Crippen LogP contribution in [-0.4, -0.2) is 44.5 Å². The lowest BCUT2D eigenvalue weighted by Gasteiger charge is -2.24. The molecule has 1 aliphatic rings. The van der Waals surface area contributed by atoms with E-state index in [1.165, 1.54) is 5.69 Å². The van der Waals surface area contributed by atoms with E-state index < -0.39 is 0 Å². The highest BCUT2D eigenvalue weighted by Crippen LogP contribution is 2.18. The molecule has 0 saturated carbocycles. The van der Waals surface area contributed by atoms with E-state index in [0.717, 1.165) is 18.5 Å². The van der Waals surface area contributed by atoms with Crippen molar-refractivity contribution >= 4 is 11.6 Å². The molecule has 2 atom stereocenters. The zero-order valence-corrected chi connectivity index (χ0v) is 12.9. The summed E-state index contributed by atoms with van der Waals surface area (Å²) in [5, 5.41) is 3.30. The second kappa shape index (κ2) is 6.27. The summed E-state index contributed by atoms with van der Waals surface area (Å²) in [4.78, 5) is 16.3. The minimum atomic E-state index is -0.0129. The average Bonchev–Trinajstić information content (AvgIpc) is 2.84. The van der Waals surface area contributed by atoms with Gasteiger partial charge in [0.05, 0.1) is 6.04 Å². The van der Waals surface area contributed by atoms with Crippen LogP contribution in [0.1, 0.15) is 18.9 Å². The van der Waals surface area contributed by atoms with Gasteiger partial charge in [-0.05, 0) is 36.6 Å². The van der Waals surface area contributed by atoms with Crippen LogP contribution in [0.3, 0.4) is 0 Å². The van der Waals surface area contributed by atoms with Crippen LogP contribution in [0.2, 0.25) is 0 Å². The van der Waals surface area contributed by atoms with E-state index in [1.807, 2.05) is 26.0 Å². The van der Waals surface area contributed by atoms with Crippen molar-refractivity contribution in [1.29, 1.82) is 0 Å². The predicted molar refractivity (Wildman–Crippen MR) is 82.8 cm³/mol. The molecule has 0 aromatic heterocycles. The SMILES string of the molecule is CC1CCNC1C(=O)N(C)Cc1ccc(N(C)C)cc1. The number of anilines is 1. The van der Waals surface area contributed by atoms with Crippen molar-refractivity contribution < 1.29 is 4.79 Å². The molecule has 1 amide bonds. The lowest BCUT2D eigenvalue weighted by molar-refractivity contribution is -0.133. The third kappa shape index (κ3) is 3.31. The van der Waals surface area contributed by atoms with Gasteiger partial charge in [-0.2, -0.15) is 0 Å². The van der Waals surface area contributed by atoms with Crippen molar-refractivity contribution in [2.75, 3.05) is 32.6 Å². The first-order valence-electron chi connectivity index (χ1n) is 7.23. The summed E-state index contributed by atoms with van der Waals surface area (Å²) in [6.07, 6.45) is 1.09. The van der Waals surface area contributed by atoms with E-state index in [1.54, 1.807) is 0 Å². The minimum absolute atomic E-state index is 0.0129. The van der Waals surface area contributed by atoms with E-state index in [0.29, 0.717) is 12.5 Å². The van der Waals surface area contributed by atoms with Crippen LogP contribution < -0.4 is 10.2 Å². The van der Waals surface area contributed by atoms with Gasteiger partial charge in [-0.1, -0.05) is 19.1 Å². The number of nitrogens with one attached hydrogen (secondary N) is 1. The van der Waals surface area contributed by atoms with E-state index in [-0.39, 0.29) is 11.9 Å². The zero-order valence-electron chi connectivity index (χ0n) is 12.9. The van der Waals surface area contributed by atoms with Crippen molar-refractivity contribution in [3.8, 4) is 0 Å². The molecule has 1 N–H and O–H groups in total. The molecule has 0 bridgehead atoms. The van der Waals surface area contributed by atoms with Gasteiger partial charge in [0.1, 0.15) is 0 Å². The quantitative estimate of drug-likeness (QED) is 0.908. The molecule has 1 aromatic rings. The molecule has 1 saturated heterocycles. The minimum Gasteiger partial charge on any atom is -0.378 e. The Morgan fingerprint density at radius 1 is 1.25 bits per heavy atom. The first kappa shape index (κ1) is 14.9. The Balaban J connectivity index is 1.96. The van der Waals surface area contributed by atoms with Crippen molar-refractivity contribution in [3.63, 3.8) is 0 Å². The van der Waals surface area contributed by atoms with Crippen molar-refractivity contribution in [2.45, 2.75) is 25.9 Å². The molecule has 0 spiro atoms. The van der Waals surface area contributed by atoms with Crippen LogP contribution in [0, 0.1) is 5.92 Å². The first-order valence-corrected chi connectivity index (χ1v) is 7.23. The molecule has 2 rings (SSSR count). The van der Waals surface area contributed by atoms with Gasteiger partial charge < -0.3 is 15.1 Å². The van der Waals surface area contributed by atoms with E-state index in [9.17, 15) is 4.79 Å². The number of hydrogen-bond acceptors (Lipinski definition) is 3.